The number of pyridine rings is 1. The largest absolute Gasteiger partial charge is 0.496 e. The third kappa shape index (κ3) is 14.1. The molecule has 0 bridgehead atoms. The Morgan fingerprint density at radius 1 is 1.03 bits per heavy atom. The van der Waals surface area contributed by atoms with Gasteiger partial charge in [0.2, 0.25) is 0 Å². The smallest absolute Gasteiger partial charge is 0.129 e. The number of nitrogens with zero attached hydrogens (tertiary/aromatic N) is 1. The minimum Gasteiger partial charge on any atom is -0.496 e. The van der Waals surface area contributed by atoms with E-state index >= 15 is 0 Å². The molecule has 0 spiro atoms. The van der Waals surface area contributed by atoms with E-state index in [1.165, 1.54) is 24.8 Å². The fraction of sp³-hybridized carbons (Fsp3) is 0.556. The molecule has 182 valence electrons. The minimum atomic E-state index is 0.491. The van der Waals surface area contributed by atoms with Crippen LogP contribution in [0.15, 0.2) is 30.5 Å². The van der Waals surface area contributed by atoms with Crippen molar-refractivity contribution in [1.29, 1.82) is 5.41 Å². The summed E-state index contributed by atoms with van der Waals surface area (Å²) in [6, 6.07) is 7.59. The van der Waals surface area contributed by atoms with Gasteiger partial charge in [0.05, 0.1) is 7.11 Å². The van der Waals surface area contributed by atoms with Gasteiger partial charge in [-0.2, -0.15) is 0 Å². The molecule has 2 rings (SSSR count). The fourth-order valence-corrected chi connectivity index (χ4v) is 3.03. The van der Waals surface area contributed by atoms with Crippen LogP contribution in [0.1, 0.15) is 96.8 Å². The molecule has 32 heavy (non-hydrogen) atoms. The van der Waals surface area contributed by atoms with Crippen molar-refractivity contribution >= 4 is 23.0 Å². The third-order valence-corrected chi connectivity index (χ3v) is 4.65. The molecule has 0 aliphatic rings. The van der Waals surface area contributed by atoms with E-state index in [4.69, 9.17) is 27.5 Å². The highest BCUT2D eigenvalue weighted by Crippen LogP contribution is 2.22. The van der Waals surface area contributed by atoms with Crippen molar-refractivity contribution in [3.05, 3.63) is 52.3 Å². The van der Waals surface area contributed by atoms with Gasteiger partial charge in [0.15, 0.2) is 0 Å². The number of benzene rings is 1. The summed E-state index contributed by atoms with van der Waals surface area (Å²) in [5, 5.41) is 8.25. The van der Waals surface area contributed by atoms with Gasteiger partial charge in [-0.3, -0.25) is 0 Å². The van der Waals surface area contributed by atoms with Crippen LogP contribution in [0.3, 0.4) is 0 Å². The Hall–Kier alpha value is -2.07. The standard InChI is InChI=1S/C10H13ClN2.C10H15NO.C5H12.C2H6/c1-3-4-9(12)8-6-13-10(11)5-7(8)2;1-3-4-8-5-6-9(11)7-10(8)12-2;1-3-5-4-2;1-2/h5-6,12H,3-4H2,1-2H3;5-7H,3-4,11H2,1-2H3;3-5H2,1-2H3;1-2H3. The van der Waals surface area contributed by atoms with E-state index in [2.05, 4.69) is 32.7 Å². The van der Waals surface area contributed by atoms with Gasteiger partial charge >= 0.3 is 0 Å². The summed E-state index contributed by atoms with van der Waals surface area (Å²) in [7, 11) is 1.67. The zero-order valence-corrected chi connectivity index (χ0v) is 22.4. The van der Waals surface area contributed by atoms with E-state index in [0.717, 1.165) is 48.2 Å². The van der Waals surface area contributed by atoms with Gasteiger partial charge < -0.3 is 15.9 Å². The number of halogens is 1. The molecule has 0 unspecified atom stereocenters. The molecule has 0 fully saturated rings. The van der Waals surface area contributed by atoms with Crippen LogP contribution in [0, 0.1) is 12.3 Å². The number of hydrogen-bond donors (Lipinski definition) is 2. The first-order valence-electron chi connectivity index (χ1n) is 12.0. The lowest BCUT2D eigenvalue weighted by Crippen LogP contribution is -2.01. The average Bonchev–Trinajstić information content (AvgIpc) is 2.78. The van der Waals surface area contributed by atoms with E-state index in [-0.39, 0.29) is 0 Å². The SMILES string of the molecule is CC.CCCC(=N)c1cnc(Cl)cc1C.CCCCC.CCCc1ccc(N)cc1OC. The van der Waals surface area contributed by atoms with Crippen LogP contribution in [-0.2, 0) is 6.42 Å². The lowest BCUT2D eigenvalue weighted by Gasteiger charge is -2.07. The van der Waals surface area contributed by atoms with E-state index in [1.54, 1.807) is 19.4 Å². The lowest BCUT2D eigenvalue weighted by atomic mass is 10.0. The maximum atomic E-state index is 7.76. The van der Waals surface area contributed by atoms with Crippen molar-refractivity contribution in [2.75, 3.05) is 12.8 Å². The number of hydrogen-bond acceptors (Lipinski definition) is 4. The predicted octanol–water partition coefficient (Wildman–Crippen LogP) is 8.66. The number of unbranched alkanes of at least 4 members (excludes halogenated alkanes) is 2. The van der Waals surface area contributed by atoms with Gasteiger partial charge in [-0.15, -0.1) is 0 Å². The number of ether oxygens (including phenoxy) is 1. The first-order valence-corrected chi connectivity index (χ1v) is 12.3. The van der Waals surface area contributed by atoms with Crippen LogP contribution >= 0.6 is 11.6 Å². The minimum absolute atomic E-state index is 0.491. The number of nitrogen functional groups attached to an aromatic ring is 1. The number of anilines is 1. The second kappa shape index (κ2) is 20.8. The van der Waals surface area contributed by atoms with Gasteiger partial charge in [-0.1, -0.05) is 91.3 Å². The molecule has 5 heteroatoms. The lowest BCUT2D eigenvalue weighted by molar-refractivity contribution is 0.409. The summed E-state index contributed by atoms with van der Waals surface area (Å²) in [6.45, 7) is 14.6. The van der Waals surface area contributed by atoms with Crippen molar-refractivity contribution in [3.8, 4) is 5.75 Å². The van der Waals surface area contributed by atoms with Crippen LogP contribution in [0.25, 0.3) is 0 Å². The number of rotatable bonds is 8. The van der Waals surface area contributed by atoms with Crippen molar-refractivity contribution in [1.82, 2.24) is 4.98 Å². The van der Waals surface area contributed by atoms with Crippen molar-refractivity contribution < 1.29 is 4.74 Å². The third-order valence-electron chi connectivity index (χ3n) is 4.44. The van der Waals surface area contributed by atoms with Crippen LogP contribution < -0.4 is 10.5 Å². The summed E-state index contributed by atoms with van der Waals surface area (Å²) in [6.07, 6.45) is 9.71. The number of methoxy groups -OCH3 is 1. The van der Waals surface area contributed by atoms with Crippen LogP contribution in [0.4, 0.5) is 5.69 Å². The number of nitrogens with one attached hydrogen (secondary N) is 1. The number of aryl methyl sites for hydroxylation is 2. The molecule has 1 aromatic heterocycles. The second-order valence-corrected chi connectivity index (χ2v) is 7.61. The maximum Gasteiger partial charge on any atom is 0.129 e. The van der Waals surface area contributed by atoms with Crippen LogP contribution in [0.5, 0.6) is 5.75 Å². The van der Waals surface area contributed by atoms with Gasteiger partial charge in [-0.05, 0) is 43.0 Å². The van der Waals surface area contributed by atoms with E-state index < -0.39 is 0 Å². The van der Waals surface area contributed by atoms with Gasteiger partial charge in [0, 0.05) is 29.2 Å². The zero-order valence-electron chi connectivity index (χ0n) is 21.6. The van der Waals surface area contributed by atoms with Gasteiger partial charge in [0.25, 0.3) is 0 Å². The summed E-state index contributed by atoms with van der Waals surface area (Å²) in [5.74, 6) is 0.900. The Labute approximate surface area is 202 Å². The second-order valence-electron chi connectivity index (χ2n) is 7.23. The molecule has 0 radical (unpaired) electrons. The Kier molecular flexibility index (Phi) is 20.9. The van der Waals surface area contributed by atoms with Crippen LogP contribution in [0.2, 0.25) is 5.15 Å². The maximum absolute atomic E-state index is 7.76. The zero-order chi connectivity index (χ0) is 24.9. The normalized spacial score (nSPS) is 9.28. The highest BCUT2D eigenvalue weighted by atomic mass is 35.5. The Morgan fingerprint density at radius 2 is 1.66 bits per heavy atom. The van der Waals surface area contributed by atoms with E-state index in [9.17, 15) is 0 Å². The molecule has 3 N–H and O–H groups in total. The van der Waals surface area contributed by atoms with E-state index in [1.807, 2.05) is 39.0 Å². The molecule has 0 saturated carbocycles. The Morgan fingerprint density at radius 3 is 2.09 bits per heavy atom. The highest BCUT2D eigenvalue weighted by Gasteiger charge is 2.05. The number of aromatic nitrogens is 1. The molecule has 0 aliphatic heterocycles. The highest BCUT2D eigenvalue weighted by molar-refractivity contribution is 6.29. The summed E-state index contributed by atoms with van der Waals surface area (Å²) in [5.41, 5.74) is 10.2. The Bertz CT molecular complexity index is 746. The Balaban J connectivity index is 0. The van der Waals surface area contributed by atoms with Crippen molar-refractivity contribution in [2.45, 2.75) is 93.4 Å². The molecular weight excluding hydrogens is 418 g/mol. The molecule has 0 saturated heterocycles. The predicted molar refractivity (Wildman–Crippen MR) is 144 cm³/mol. The molecule has 2 aromatic rings. The van der Waals surface area contributed by atoms with Gasteiger partial charge in [0.1, 0.15) is 10.9 Å². The molecule has 0 atom stereocenters. The summed E-state index contributed by atoms with van der Waals surface area (Å²) in [4.78, 5) is 3.97. The average molecular weight is 464 g/mol. The molecule has 0 amide bonds. The topological polar surface area (TPSA) is 72.0 Å². The first kappa shape index (κ1) is 32.1. The van der Waals surface area contributed by atoms with Gasteiger partial charge in [-0.25, -0.2) is 4.98 Å². The molecular formula is C27H46ClN3O. The number of nitrogens with two attached hydrogens (primary N) is 1. The summed E-state index contributed by atoms with van der Waals surface area (Å²) < 4.78 is 5.20. The molecule has 1 aromatic carbocycles. The summed E-state index contributed by atoms with van der Waals surface area (Å²) >= 11 is 5.72. The van der Waals surface area contributed by atoms with Crippen LogP contribution in [-0.4, -0.2) is 17.8 Å². The van der Waals surface area contributed by atoms with Crippen molar-refractivity contribution in [2.24, 2.45) is 0 Å². The fourth-order valence-electron chi connectivity index (χ4n) is 2.81. The van der Waals surface area contributed by atoms with Crippen molar-refractivity contribution in [3.63, 3.8) is 0 Å². The van der Waals surface area contributed by atoms with E-state index in [0.29, 0.717) is 10.9 Å². The quantitative estimate of drug-likeness (QED) is 0.233. The molecule has 1 heterocycles. The first-order chi connectivity index (χ1) is 15.3. The monoisotopic (exact) mass is 463 g/mol. The molecule has 4 nitrogen and oxygen atoms in total. The molecule has 0 aliphatic carbocycles.